The van der Waals surface area contributed by atoms with Crippen LogP contribution in [0.2, 0.25) is 0 Å². The smallest absolute Gasteiger partial charge is 0.273 e. The third kappa shape index (κ3) is 2.18. The van der Waals surface area contributed by atoms with Gasteiger partial charge in [-0.05, 0) is 32.0 Å². The van der Waals surface area contributed by atoms with E-state index in [1.807, 2.05) is 38.1 Å². The van der Waals surface area contributed by atoms with E-state index in [4.69, 9.17) is 19.9 Å². The molecule has 0 bridgehead atoms. The van der Waals surface area contributed by atoms with Crippen molar-refractivity contribution < 1.29 is 18.4 Å². The van der Waals surface area contributed by atoms with E-state index in [0.29, 0.717) is 24.5 Å². The summed E-state index contributed by atoms with van der Waals surface area (Å²) in [5.74, 6) is 0. The van der Waals surface area contributed by atoms with Crippen LogP contribution in [0.4, 0.5) is 0 Å². The molecule has 8 nitrogen and oxygen atoms in total. The van der Waals surface area contributed by atoms with Gasteiger partial charge in [-0.25, -0.2) is 9.36 Å². The second kappa shape index (κ2) is 5.47. The maximum absolute atomic E-state index is 7.88. The van der Waals surface area contributed by atoms with Gasteiger partial charge in [-0.3, -0.25) is 21.4 Å². The molecule has 1 aromatic carbocycles. The summed E-state index contributed by atoms with van der Waals surface area (Å²) in [6.45, 7) is 5.08. The lowest BCUT2D eigenvalue weighted by atomic mass is 10.1. The summed E-state index contributed by atoms with van der Waals surface area (Å²) in [7, 11) is 0. The second-order valence-electron chi connectivity index (χ2n) is 4.71. The molecule has 0 saturated heterocycles. The van der Waals surface area contributed by atoms with Gasteiger partial charge in [0.05, 0.1) is 11.1 Å². The highest BCUT2D eigenvalue weighted by Crippen LogP contribution is 2.19. The maximum Gasteiger partial charge on any atom is 0.273 e. The van der Waals surface area contributed by atoms with Gasteiger partial charge in [-0.15, -0.1) is 0 Å². The number of aryl methyl sites for hydroxylation is 2. The summed E-state index contributed by atoms with van der Waals surface area (Å²) in [5.41, 5.74) is 2.84. The minimum Gasteiger partial charge on any atom is -0.487 e. The van der Waals surface area contributed by atoms with Crippen LogP contribution in [0, 0.1) is 10.8 Å². The summed E-state index contributed by atoms with van der Waals surface area (Å²) in [5, 5.41) is 23.4. The van der Waals surface area contributed by atoms with Crippen LogP contribution >= 0.6 is 0 Å². The zero-order valence-corrected chi connectivity index (χ0v) is 12.3. The molecular formula is C14H16N6O2. The lowest BCUT2D eigenvalue weighted by Gasteiger charge is -2.02. The predicted molar refractivity (Wildman–Crippen MR) is 71.9 cm³/mol. The fourth-order valence-corrected chi connectivity index (χ4v) is 2.39. The molecule has 3 aromatic rings. The van der Waals surface area contributed by atoms with Crippen molar-refractivity contribution in [3.05, 3.63) is 35.4 Å². The van der Waals surface area contributed by atoms with Crippen molar-refractivity contribution in [2.45, 2.75) is 26.9 Å². The molecule has 0 spiro atoms. The molecule has 0 unspecified atom stereocenters. The topological polar surface area (TPSA) is 110 Å². The van der Waals surface area contributed by atoms with Crippen LogP contribution in [0.15, 0.2) is 33.3 Å². The molecule has 0 atom stereocenters. The highest BCUT2D eigenvalue weighted by Gasteiger charge is 2.18. The first-order valence-corrected chi connectivity index (χ1v) is 6.99. The van der Waals surface area contributed by atoms with Gasteiger partial charge in [0.15, 0.2) is 0 Å². The number of hydrogen-bond donors (Lipinski definition) is 2. The fourth-order valence-electron chi connectivity index (χ4n) is 2.39. The van der Waals surface area contributed by atoms with Gasteiger partial charge in [0.2, 0.25) is 0 Å². The molecule has 0 amide bonds. The van der Waals surface area contributed by atoms with Crippen LogP contribution in [0.25, 0.3) is 22.5 Å². The van der Waals surface area contributed by atoms with Crippen LogP contribution in [0.3, 0.4) is 0 Å². The molecule has 0 aliphatic rings. The minimum absolute atomic E-state index is 0.0128. The molecule has 114 valence electrons. The first-order valence-electron chi connectivity index (χ1n) is 6.99. The van der Waals surface area contributed by atoms with Crippen molar-refractivity contribution in [2.24, 2.45) is 0 Å². The molecule has 3 rings (SSSR count). The Morgan fingerprint density at radius 2 is 1.36 bits per heavy atom. The monoisotopic (exact) mass is 300 g/mol. The van der Waals surface area contributed by atoms with E-state index in [-0.39, 0.29) is 11.1 Å². The van der Waals surface area contributed by atoms with Crippen molar-refractivity contribution in [1.82, 2.24) is 10.5 Å². The summed E-state index contributed by atoms with van der Waals surface area (Å²) >= 11 is 0. The SMILES string of the molecule is CC[n+]1[n-]oc(=N)c1-c1cccc(-c2c(=N)o[n-][n+]2CC)c1. The third-order valence-corrected chi connectivity index (χ3v) is 3.42. The number of aromatic nitrogens is 4. The molecule has 0 radical (unpaired) electrons. The van der Waals surface area contributed by atoms with E-state index >= 15 is 0 Å². The van der Waals surface area contributed by atoms with Crippen molar-refractivity contribution in [3.63, 3.8) is 0 Å². The molecule has 22 heavy (non-hydrogen) atoms. The Hall–Kier alpha value is -2.90. The summed E-state index contributed by atoms with van der Waals surface area (Å²) in [4.78, 5) is 0. The van der Waals surface area contributed by atoms with Crippen molar-refractivity contribution in [2.75, 3.05) is 0 Å². The van der Waals surface area contributed by atoms with Gasteiger partial charge >= 0.3 is 0 Å². The van der Waals surface area contributed by atoms with Crippen molar-refractivity contribution in [1.29, 1.82) is 10.8 Å². The van der Waals surface area contributed by atoms with Gasteiger partial charge < -0.3 is 9.05 Å². The van der Waals surface area contributed by atoms with Gasteiger partial charge in [-0.1, -0.05) is 6.07 Å². The number of rotatable bonds is 4. The number of hydrogen-bond acceptors (Lipinski definition) is 4. The lowest BCUT2D eigenvalue weighted by Crippen LogP contribution is -2.39. The van der Waals surface area contributed by atoms with E-state index in [2.05, 4.69) is 10.5 Å². The molecule has 0 fully saturated rings. The van der Waals surface area contributed by atoms with Gasteiger partial charge in [-0.2, -0.15) is 0 Å². The Morgan fingerprint density at radius 1 is 0.909 bits per heavy atom. The molecule has 2 N–H and O–H groups in total. The number of nitrogens with one attached hydrogen (secondary N) is 2. The van der Waals surface area contributed by atoms with E-state index in [1.165, 1.54) is 0 Å². The highest BCUT2D eigenvalue weighted by molar-refractivity contribution is 5.65. The zero-order chi connectivity index (χ0) is 15.7. The van der Waals surface area contributed by atoms with E-state index < -0.39 is 0 Å². The van der Waals surface area contributed by atoms with Crippen molar-refractivity contribution >= 4 is 0 Å². The molecule has 0 aliphatic heterocycles. The van der Waals surface area contributed by atoms with Gasteiger partial charge in [0.25, 0.3) is 22.5 Å². The minimum atomic E-state index is 0.0128. The molecule has 2 aromatic heterocycles. The highest BCUT2D eigenvalue weighted by atomic mass is 16.5. The first-order chi connectivity index (χ1) is 10.7. The van der Waals surface area contributed by atoms with Gasteiger partial charge in [0, 0.05) is 0 Å². The van der Waals surface area contributed by atoms with Crippen LogP contribution in [0.5, 0.6) is 0 Å². The average Bonchev–Trinajstić information content (AvgIpc) is 3.09. The quantitative estimate of drug-likeness (QED) is 0.644. The lowest BCUT2D eigenvalue weighted by molar-refractivity contribution is -0.755. The Kier molecular flexibility index (Phi) is 3.50. The summed E-state index contributed by atoms with van der Waals surface area (Å²) in [6, 6.07) is 7.51. The number of benzene rings is 1. The van der Waals surface area contributed by atoms with Crippen LogP contribution in [0.1, 0.15) is 13.8 Å². The maximum atomic E-state index is 7.88. The molecular weight excluding hydrogens is 284 g/mol. The Morgan fingerprint density at radius 3 is 1.77 bits per heavy atom. The standard InChI is InChI=1S/C14H16N6O2/c1-3-19-11(13(15)21-17-19)9-6-5-7-10(8-9)12-14(16)22-18-20(12)4-2/h5-8,15-16H,3-4H2,1-2H3. The zero-order valence-electron chi connectivity index (χ0n) is 12.3. The fraction of sp³-hybridized carbons (Fsp3) is 0.286. The van der Waals surface area contributed by atoms with E-state index in [1.54, 1.807) is 9.36 Å². The first kappa shape index (κ1) is 14.1. The van der Waals surface area contributed by atoms with E-state index in [9.17, 15) is 0 Å². The predicted octanol–water partition coefficient (Wildman–Crippen LogP) is -0.305. The largest absolute Gasteiger partial charge is 0.487 e. The molecule has 8 heteroatoms. The normalized spacial score (nSPS) is 11.0. The summed E-state index contributed by atoms with van der Waals surface area (Å²) < 4.78 is 13.2. The Bertz CT molecular complexity index is 842. The van der Waals surface area contributed by atoms with Crippen molar-refractivity contribution in [3.8, 4) is 22.5 Å². The number of nitrogens with zero attached hydrogens (tertiary/aromatic N) is 4. The van der Waals surface area contributed by atoms with Gasteiger partial charge in [0.1, 0.15) is 13.1 Å². The molecule has 0 saturated carbocycles. The molecule has 2 heterocycles. The summed E-state index contributed by atoms with van der Waals surface area (Å²) in [6.07, 6.45) is 0. The average molecular weight is 300 g/mol. The van der Waals surface area contributed by atoms with Crippen LogP contribution in [-0.2, 0) is 13.1 Å². The Balaban J connectivity index is 2.18. The van der Waals surface area contributed by atoms with Crippen LogP contribution < -0.4 is 31.0 Å². The van der Waals surface area contributed by atoms with Crippen LogP contribution in [-0.4, -0.2) is 0 Å². The van der Waals surface area contributed by atoms with E-state index in [0.717, 1.165) is 11.1 Å². The molecule has 0 aliphatic carbocycles. The Labute approximate surface area is 125 Å². The second-order valence-corrected chi connectivity index (χ2v) is 4.71. The third-order valence-electron chi connectivity index (χ3n) is 3.42.